The maximum atomic E-state index is 6.11. The Morgan fingerprint density at radius 2 is 1.95 bits per heavy atom. The molecule has 1 saturated carbocycles. The molecule has 2 atom stereocenters. The first-order chi connectivity index (χ1) is 9.11. The van der Waals surface area contributed by atoms with E-state index in [4.69, 9.17) is 10.7 Å². The molecule has 1 saturated heterocycles. The molecule has 1 aliphatic heterocycles. The van der Waals surface area contributed by atoms with Gasteiger partial charge in [-0.1, -0.05) is 6.92 Å². The minimum absolute atomic E-state index is 0.555. The smallest absolute Gasteiger partial charge is 0.137 e. The van der Waals surface area contributed by atoms with E-state index in [0.29, 0.717) is 23.8 Å². The molecule has 19 heavy (non-hydrogen) atoms. The van der Waals surface area contributed by atoms with Gasteiger partial charge in [-0.15, -0.1) is 0 Å². The molecule has 4 heteroatoms. The fraction of sp³-hybridized carbons (Fsp3) is 0.733. The lowest BCUT2D eigenvalue weighted by molar-refractivity contribution is 0.617. The van der Waals surface area contributed by atoms with Gasteiger partial charge >= 0.3 is 0 Å². The summed E-state index contributed by atoms with van der Waals surface area (Å²) in [5.74, 6) is 3.28. The molecule has 4 nitrogen and oxygen atoms in total. The second kappa shape index (κ2) is 4.66. The third-order valence-electron chi connectivity index (χ3n) is 4.62. The zero-order valence-corrected chi connectivity index (χ0v) is 12.2. The van der Waals surface area contributed by atoms with Crippen LogP contribution in [0.25, 0.3) is 0 Å². The molecular formula is C15H24N4. The van der Waals surface area contributed by atoms with Crippen LogP contribution < -0.4 is 10.6 Å². The molecule has 1 aromatic heterocycles. The molecule has 2 unspecified atom stereocenters. The number of hydrogen-bond acceptors (Lipinski definition) is 4. The van der Waals surface area contributed by atoms with Crippen LogP contribution in [0.15, 0.2) is 0 Å². The Morgan fingerprint density at radius 3 is 2.58 bits per heavy atom. The number of hydrogen-bond donors (Lipinski definition) is 1. The highest BCUT2D eigenvalue weighted by molar-refractivity contribution is 5.58. The lowest BCUT2D eigenvalue weighted by atomic mass is 10.1. The highest BCUT2D eigenvalue weighted by Crippen LogP contribution is 2.41. The maximum absolute atomic E-state index is 6.11. The Kier molecular flexibility index (Phi) is 3.11. The van der Waals surface area contributed by atoms with Crippen LogP contribution in [0.4, 0.5) is 11.6 Å². The molecule has 0 bridgehead atoms. The first kappa shape index (κ1) is 12.7. The van der Waals surface area contributed by atoms with Crippen LogP contribution in [-0.2, 0) is 0 Å². The summed E-state index contributed by atoms with van der Waals surface area (Å²) in [4.78, 5) is 11.8. The zero-order chi connectivity index (χ0) is 13.6. The number of aromatic nitrogens is 2. The fourth-order valence-corrected chi connectivity index (χ4v) is 3.17. The van der Waals surface area contributed by atoms with Crippen molar-refractivity contribution in [2.75, 3.05) is 10.6 Å². The molecule has 1 aliphatic carbocycles. The van der Waals surface area contributed by atoms with Gasteiger partial charge < -0.3 is 10.6 Å². The number of nitrogens with two attached hydrogens (primary N) is 1. The van der Waals surface area contributed by atoms with Gasteiger partial charge in [0.25, 0.3) is 0 Å². The first-order valence-electron chi connectivity index (χ1n) is 7.54. The molecule has 1 aromatic rings. The number of rotatable bonds is 3. The van der Waals surface area contributed by atoms with Crippen LogP contribution in [0.1, 0.15) is 63.3 Å². The highest BCUT2D eigenvalue weighted by atomic mass is 15.3. The molecule has 0 radical (unpaired) electrons. The van der Waals surface area contributed by atoms with Crippen molar-refractivity contribution in [1.82, 2.24) is 9.97 Å². The summed E-state index contributed by atoms with van der Waals surface area (Å²) in [6.07, 6.45) is 6.12. The van der Waals surface area contributed by atoms with Crippen molar-refractivity contribution in [2.45, 2.75) is 70.9 Å². The van der Waals surface area contributed by atoms with Gasteiger partial charge in [-0.25, -0.2) is 9.97 Å². The van der Waals surface area contributed by atoms with Crippen molar-refractivity contribution in [3.8, 4) is 0 Å². The third kappa shape index (κ3) is 2.17. The SMILES string of the molecule is CCC1CCC(C)N1c1nc(C2CC2)nc(N)c1C. The van der Waals surface area contributed by atoms with Crippen LogP contribution in [0.5, 0.6) is 0 Å². The normalized spacial score (nSPS) is 27.0. The van der Waals surface area contributed by atoms with Crippen LogP contribution in [0, 0.1) is 6.92 Å². The van der Waals surface area contributed by atoms with E-state index in [1.807, 2.05) is 0 Å². The van der Waals surface area contributed by atoms with E-state index < -0.39 is 0 Å². The van der Waals surface area contributed by atoms with Gasteiger partial charge in [0.2, 0.25) is 0 Å². The quantitative estimate of drug-likeness (QED) is 0.907. The van der Waals surface area contributed by atoms with E-state index in [2.05, 4.69) is 30.7 Å². The molecule has 0 spiro atoms. The van der Waals surface area contributed by atoms with E-state index in [-0.39, 0.29) is 0 Å². The maximum Gasteiger partial charge on any atom is 0.137 e. The van der Waals surface area contributed by atoms with E-state index in [1.165, 1.54) is 32.1 Å². The first-order valence-corrected chi connectivity index (χ1v) is 7.54. The van der Waals surface area contributed by atoms with E-state index in [9.17, 15) is 0 Å². The van der Waals surface area contributed by atoms with Crippen molar-refractivity contribution < 1.29 is 0 Å². The topological polar surface area (TPSA) is 55.0 Å². The summed E-state index contributed by atoms with van der Waals surface area (Å²) in [6.45, 7) is 6.61. The lowest BCUT2D eigenvalue weighted by Gasteiger charge is -2.31. The average molecular weight is 260 g/mol. The van der Waals surface area contributed by atoms with Crippen molar-refractivity contribution in [3.63, 3.8) is 0 Å². The number of anilines is 2. The number of nitrogen functional groups attached to an aromatic ring is 1. The monoisotopic (exact) mass is 260 g/mol. The second-order valence-corrected chi connectivity index (χ2v) is 6.09. The average Bonchev–Trinajstić information content (AvgIpc) is 3.17. The summed E-state index contributed by atoms with van der Waals surface area (Å²) in [7, 11) is 0. The molecular weight excluding hydrogens is 236 g/mol. The highest BCUT2D eigenvalue weighted by Gasteiger charge is 2.34. The van der Waals surface area contributed by atoms with Gasteiger partial charge in [-0.2, -0.15) is 0 Å². The minimum atomic E-state index is 0.555. The summed E-state index contributed by atoms with van der Waals surface area (Å²) in [6, 6.07) is 1.17. The second-order valence-electron chi connectivity index (χ2n) is 6.09. The standard InChI is InChI=1S/C15H24N4/c1-4-12-8-5-9(2)19(12)15-10(3)13(16)17-14(18-15)11-6-7-11/h9,11-12H,4-8H2,1-3H3,(H2,16,17,18). The van der Waals surface area contributed by atoms with Gasteiger partial charge in [0, 0.05) is 23.6 Å². The summed E-state index contributed by atoms with van der Waals surface area (Å²) in [5, 5.41) is 0. The summed E-state index contributed by atoms with van der Waals surface area (Å²) >= 11 is 0. The molecule has 104 valence electrons. The van der Waals surface area contributed by atoms with Gasteiger partial charge in [0.05, 0.1) is 0 Å². The van der Waals surface area contributed by atoms with E-state index in [0.717, 1.165) is 17.2 Å². The zero-order valence-electron chi connectivity index (χ0n) is 12.2. The molecule has 0 aromatic carbocycles. The van der Waals surface area contributed by atoms with Gasteiger partial charge in [-0.05, 0) is 46.0 Å². The van der Waals surface area contributed by atoms with Crippen LogP contribution in [-0.4, -0.2) is 22.1 Å². The third-order valence-corrected chi connectivity index (χ3v) is 4.62. The Morgan fingerprint density at radius 1 is 1.21 bits per heavy atom. The van der Waals surface area contributed by atoms with E-state index >= 15 is 0 Å². The largest absolute Gasteiger partial charge is 0.383 e. The Labute approximate surface area is 115 Å². The van der Waals surface area contributed by atoms with Gasteiger partial charge in [-0.3, -0.25) is 0 Å². The molecule has 2 heterocycles. The molecule has 0 amide bonds. The molecule has 2 fully saturated rings. The van der Waals surface area contributed by atoms with Crippen molar-refractivity contribution >= 4 is 11.6 Å². The number of nitrogens with zero attached hydrogens (tertiary/aromatic N) is 3. The molecule has 3 rings (SSSR count). The van der Waals surface area contributed by atoms with Gasteiger partial charge in [0.15, 0.2) is 0 Å². The lowest BCUT2D eigenvalue weighted by Crippen LogP contribution is -2.36. The Bertz CT molecular complexity index is 481. The fourth-order valence-electron chi connectivity index (χ4n) is 3.17. The van der Waals surface area contributed by atoms with Crippen molar-refractivity contribution in [2.24, 2.45) is 0 Å². The minimum Gasteiger partial charge on any atom is -0.383 e. The van der Waals surface area contributed by atoms with Crippen LogP contribution in [0.2, 0.25) is 0 Å². The molecule has 2 aliphatic rings. The predicted octanol–water partition coefficient (Wildman–Crippen LogP) is 3.01. The van der Waals surface area contributed by atoms with Crippen LogP contribution in [0.3, 0.4) is 0 Å². The summed E-state index contributed by atoms with van der Waals surface area (Å²) in [5.41, 5.74) is 7.16. The Hall–Kier alpha value is -1.32. The molecule has 2 N–H and O–H groups in total. The van der Waals surface area contributed by atoms with Gasteiger partial charge in [0.1, 0.15) is 17.5 Å². The Balaban J connectivity index is 2.02. The predicted molar refractivity (Wildman–Crippen MR) is 78.4 cm³/mol. The summed E-state index contributed by atoms with van der Waals surface area (Å²) < 4.78 is 0. The van der Waals surface area contributed by atoms with Crippen molar-refractivity contribution in [3.05, 3.63) is 11.4 Å². The van der Waals surface area contributed by atoms with Crippen LogP contribution >= 0.6 is 0 Å². The van der Waals surface area contributed by atoms with E-state index in [1.54, 1.807) is 0 Å². The van der Waals surface area contributed by atoms with Crippen molar-refractivity contribution in [1.29, 1.82) is 0 Å².